The van der Waals surface area contributed by atoms with E-state index >= 15 is 0 Å². The number of hydrogen-bond acceptors (Lipinski definition) is 4. The molecule has 0 radical (unpaired) electrons. The zero-order chi connectivity index (χ0) is 14.9. The zero-order valence-corrected chi connectivity index (χ0v) is 12.7. The van der Waals surface area contributed by atoms with Gasteiger partial charge in [-0.2, -0.15) is 5.10 Å². The van der Waals surface area contributed by atoms with Gasteiger partial charge in [-0.1, -0.05) is 0 Å². The number of fused-ring (bicyclic) bond motifs is 1. The van der Waals surface area contributed by atoms with E-state index in [9.17, 15) is 0 Å². The number of nitrogens with zero attached hydrogens (tertiary/aromatic N) is 4. The summed E-state index contributed by atoms with van der Waals surface area (Å²) in [7, 11) is 0. The van der Waals surface area contributed by atoms with E-state index in [0.29, 0.717) is 5.92 Å². The van der Waals surface area contributed by atoms with Crippen molar-refractivity contribution in [2.75, 3.05) is 18.0 Å². The highest BCUT2D eigenvalue weighted by Crippen LogP contribution is 2.32. The lowest BCUT2D eigenvalue weighted by molar-refractivity contribution is 0.502. The monoisotopic (exact) mass is 293 g/mol. The van der Waals surface area contributed by atoms with Gasteiger partial charge in [0.25, 0.3) is 0 Å². The smallest absolute Gasteiger partial charge is 0.137 e. The Kier molecular flexibility index (Phi) is 3.25. The lowest BCUT2D eigenvalue weighted by Gasteiger charge is -2.33. The molecule has 22 heavy (non-hydrogen) atoms. The van der Waals surface area contributed by atoms with Gasteiger partial charge in [0.05, 0.1) is 6.20 Å². The van der Waals surface area contributed by atoms with E-state index in [1.165, 1.54) is 16.6 Å². The molecule has 5 nitrogen and oxygen atoms in total. The summed E-state index contributed by atoms with van der Waals surface area (Å²) in [5, 5.41) is 9.55. The lowest BCUT2D eigenvalue weighted by Crippen LogP contribution is -2.33. The number of pyridine rings is 2. The average molecular weight is 293 g/mol. The van der Waals surface area contributed by atoms with Crippen LogP contribution < -0.4 is 4.90 Å². The maximum absolute atomic E-state index is 4.60. The molecule has 3 aromatic heterocycles. The number of rotatable bonds is 2. The molecule has 1 saturated heterocycles. The number of H-pyrrole nitrogens is 1. The average Bonchev–Trinajstić information content (AvgIpc) is 3.01. The van der Waals surface area contributed by atoms with Crippen molar-refractivity contribution in [2.24, 2.45) is 0 Å². The first-order valence-electron chi connectivity index (χ1n) is 7.76. The molecule has 0 spiro atoms. The van der Waals surface area contributed by atoms with Crippen molar-refractivity contribution in [3.05, 3.63) is 48.2 Å². The Balaban J connectivity index is 1.57. The van der Waals surface area contributed by atoms with Crippen LogP contribution in [0.4, 0.5) is 5.82 Å². The highest BCUT2D eigenvalue weighted by atomic mass is 15.2. The van der Waals surface area contributed by atoms with Gasteiger partial charge >= 0.3 is 0 Å². The molecule has 0 aromatic carbocycles. The van der Waals surface area contributed by atoms with Crippen LogP contribution in [0.1, 0.15) is 30.0 Å². The van der Waals surface area contributed by atoms with E-state index in [2.05, 4.69) is 32.0 Å². The third-order valence-corrected chi connectivity index (χ3v) is 4.65. The van der Waals surface area contributed by atoms with Crippen LogP contribution in [0.3, 0.4) is 0 Å². The van der Waals surface area contributed by atoms with E-state index in [1.807, 2.05) is 36.9 Å². The number of nitrogens with one attached hydrogen (secondary N) is 1. The van der Waals surface area contributed by atoms with Crippen LogP contribution in [0, 0.1) is 6.92 Å². The summed E-state index contributed by atoms with van der Waals surface area (Å²) in [5.41, 5.74) is 2.57. The highest BCUT2D eigenvalue weighted by Gasteiger charge is 2.24. The summed E-state index contributed by atoms with van der Waals surface area (Å²) in [6, 6.07) is 4.09. The molecule has 1 N–H and O–H groups in total. The van der Waals surface area contributed by atoms with Crippen LogP contribution in [-0.4, -0.2) is 33.3 Å². The Bertz CT molecular complexity index is 781. The standard InChI is InChI=1S/C17H19N5/c1-12-15(11-20-21-12)14-4-8-22(9-5-14)17-16-10-18-6-2-13(16)3-7-19-17/h2-3,6-7,10-11,14H,4-5,8-9H2,1H3,(H,20,21). The fraction of sp³-hybridized carbons (Fsp3) is 0.353. The second kappa shape index (κ2) is 5.40. The van der Waals surface area contributed by atoms with Crippen molar-refractivity contribution in [3.8, 4) is 0 Å². The van der Waals surface area contributed by atoms with Gasteiger partial charge in [-0.3, -0.25) is 10.1 Å². The number of aromatic nitrogens is 4. The Morgan fingerprint density at radius 1 is 1.14 bits per heavy atom. The van der Waals surface area contributed by atoms with Crippen LogP contribution >= 0.6 is 0 Å². The molecule has 3 aromatic rings. The number of aromatic amines is 1. The van der Waals surface area contributed by atoms with Crippen molar-refractivity contribution in [3.63, 3.8) is 0 Å². The minimum Gasteiger partial charge on any atom is -0.356 e. The number of aryl methyl sites for hydroxylation is 1. The molecule has 4 heterocycles. The number of piperidine rings is 1. The molecule has 1 aliphatic heterocycles. The molecular formula is C17H19N5. The minimum absolute atomic E-state index is 0.600. The van der Waals surface area contributed by atoms with E-state index in [-0.39, 0.29) is 0 Å². The number of anilines is 1. The van der Waals surface area contributed by atoms with Gasteiger partial charge in [0.1, 0.15) is 5.82 Å². The second-order valence-corrected chi connectivity index (χ2v) is 5.94. The molecule has 0 aliphatic carbocycles. The van der Waals surface area contributed by atoms with Crippen LogP contribution in [0.2, 0.25) is 0 Å². The summed E-state index contributed by atoms with van der Waals surface area (Å²) < 4.78 is 0. The van der Waals surface area contributed by atoms with Crippen molar-refractivity contribution < 1.29 is 0 Å². The largest absolute Gasteiger partial charge is 0.356 e. The van der Waals surface area contributed by atoms with Crippen LogP contribution in [0.15, 0.2) is 36.9 Å². The van der Waals surface area contributed by atoms with Crippen molar-refractivity contribution in [2.45, 2.75) is 25.7 Å². The lowest BCUT2D eigenvalue weighted by atomic mass is 9.90. The van der Waals surface area contributed by atoms with E-state index in [1.54, 1.807) is 0 Å². The van der Waals surface area contributed by atoms with Gasteiger partial charge in [-0.15, -0.1) is 0 Å². The van der Waals surface area contributed by atoms with E-state index in [0.717, 1.165) is 37.1 Å². The first kappa shape index (κ1) is 13.2. The SMILES string of the molecule is Cc1[nH]ncc1C1CCN(c2nccc3ccncc23)CC1. The van der Waals surface area contributed by atoms with Crippen LogP contribution in [0.5, 0.6) is 0 Å². The van der Waals surface area contributed by atoms with Gasteiger partial charge in [0.15, 0.2) is 0 Å². The predicted octanol–water partition coefficient (Wildman–Crippen LogP) is 3.05. The Labute approximate surface area is 129 Å². The van der Waals surface area contributed by atoms with E-state index < -0.39 is 0 Å². The maximum atomic E-state index is 4.60. The van der Waals surface area contributed by atoms with Gasteiger partial charge in [-0.05, 0) is 48.8 Å². The third kappa shape index (κ3) is 2.22. The van der Waals surface area contributed by atoms with Crippen molar-refractivity contribution in [1.82, 2.24) is 20.2 Å². The van der Waals surface area contributed by atoms with Crippen LogP contribution in [-0.2, 0) is 0 Å². The zero-order valence-electron chi connectivity index (χ0n) is 12.7. The van der Waals surface area contributed by atoms with Crippen LogP contribution in [0.25, 0.3) is 10.8 Å². The summed E-state index contributed by atoms with van der Waals surface area (Å²) in [4.78, 5) is 11.2. The maximum Gasteiger partial charge on any atom is 0.137 e. The van der Waals surface area contributed by atoms with Gasteiger partial charge in [0, 0.05) is 42.8 Å². The molecule has 0 bridgehead atoms. The van der Waals surface area contributed by atoms with Gasteiger partial charge in [-0.25, -0.2) is 4.98 Å². The predicted molar refractivity (Wildman–Crippen MR) is 87.1 cm³/mol. The Morgan fingerprint density at radius 3 is 2.73 bits per heavy atom. The second-order valence-electron chi connectivity index (χ2n) is 5.94. The summed E-state index contributed by atoms with van der Waals surface area (Å²) in [5.74, 6) is 1.66. The molecule has 0 amide bonds. The molecule has 0 unspecified atom stereocenters. The van der Waals surface area contributed by atoms with Crippen molar-refractivity contribution >= 4 is 16.6 Å². The summed E-state index contributed by atoms with van der Waals surface area (Å²) >= 11 is 0. The molecule has 4 rings (SSSR count). The summed E-state index contributed by atoms with van der Waals surface area (Å²) in [6.07, 6.45) is 9.90. The minimum atomic E-state index is 0.600. The normalized spacial score (nSPS) is 16.3. The fourth-order valence-electron chi connectivity index (χ4n) is 3.42. The third-order valence-electron chi connectivity index (χ3n) is 4.65. The van der Waals surface area contributed by atoms with Crippen molar-refractivity contribution in [1.29, 1.82) is 0 Å². The van der Waals surface area contributed by atoms with Gasteiger partial charge in [0.2, 0.25) is 0 Å². The molecular weight excluding hydrogens is 274 g/mol. The number of hydrogen-bond donors (Lipinski definition) is 1. The first-order valence-corrected chi connectivity index (χ1v) is 7.76. The molecule has 1 fully saturated rings. The topological polar surface area (TPSA) is 57.7 Å². The molecule has 1 aliphatic rings. The highest BCUT2D eigenvalue weighted by molar-refractivity contribution is 5.91. The summed E-state index contributed by atoms with van der Waals surface area (Å²) in [6.45, 7) is 4.15. The molecule has 5 heteroatoms. The van der Waals surface area contributed by atoms with Gasteiger partial charge < -0.3 is 4.90 Å². The molecule has 112 valence electrons. The van der Waals surface area contributed by atoms with E-state index in [4.69, 9.17) is 0 Å². The fourth-order valence-corrected chi connectivity index (χ4v) is 3.42. The Hall–Kier alpha value is -2.43. The quantitative estimate of drug-likeness (QED) is 0.789. The molecule has 0 atom stereocenters. The Morgan fingerprint density at radius 2 is 1.95 bits per heavy atom. The molecule has 0 saturated carbocycles. The first-order chi connectivity index (χ1) is 10.8.